The van der Waals surface area contributed by atoms with Crippen LogP contribution in [0.5, 0.6) is 0 Å². The molecule has 1 atom stereocenters. The Kier molecular flexibility index (Phi) is 6.85. The van der Waals surface area contributed by atoms with Gasteiger partial charge in [0.25, 0.3) is 11.8 Å². The molecule has 32 heavy (non-hydrogen) atoms. The van der Waals surface area contributed by atoms with Gasteiger partial charge in [-0.25, -0.2) is 0 Å². The summed E-state index contributed by atoms with van der Waals surface area (Å²) in [5, 5.41) is 6.06. The fourth-order valence-electron chi connectivity index (χ4n) is 4.10. The predicted octanol–water partition coefficient (Wildman–Crippen LogP) is 5.42. The lowest BCUT2D eigenvalue weighted by atomic mass is 10.0. The van der Waals surface area contributed by atoms with E-state index in [1.807, 2.05) is 67.6 Å². The van der Waals surface area contributed by atoms with Crippen LogP contribution in [-0.2, 0) is 0 Å². The second-order valence-corrected chi connectivity index (χ2v) is 8.21. The van der Waals surface area contributed by atoms with Gasteiger partial charge in [0.05, 0.1) is 11.6 Å². The van der Waals surface area contributed by atoms with Crippen LogP contribution in [0.3, 0.4) is 0 Å². The van der Waals surface area contributed by atoms with Crippen molar-refractivity contribution in [2.45, 2.75) is 32.2 Å². The van der Waals surface area contributed by atoms with E-state index in [4.69, 9.17) is 0 Å². The first kappa shape index (κ1) is 21.6. The van der Waals surface area contributed by atoms with Crippen LogP contribution in [0.4, 0.5) is 11.4 Å². The highest BCUT2D eigenvalue weighted by molar-refractivity contribution is 6.06. The first-order valence-corrected chi connectivity index (χ1v) is 11.2. The van der Waals surface area contributed by atoms with E-state index in [0.29, 0.717) is 16.8 Å². The Morgan fingerprint density at radius 1 is 0.812 bits per heavy atom. The lowest BCUT2D eigenvalue weighted by molar-refractivity contribution is 0.0939. The molecule has 0 saturated carbocycles. The summed E-state index contributed by atoms with van der Waals surface area (Å²) in [4.78, 5) is 28.2. The number of nitrogens with one attached hydrogen (secondary N) is 2. The summed E-state index contributed by atoms with van der Waals surface area (Å²) < 4.78 is 0. The number of amides is 2. The van der Waals surface area contributed by atoms with E-state index in [1.165, 1.54) is 6.42 Å². The van der Waals surface area contributed by atoms with Crippen LogP contribution in [0, 0.1) is 0 Å². The van der Waals surface area contributed by atoms with Crippen molar-refractivity contribution < 1.29 is 9.59 Å². The van der Waals surface area contributed by atoms with Gasteiger partial charge < -0.3 is 15.5 Å². The fraction of sp³-hybridized carbons (Fsp3) is 0.259. The molecule has 0 spiro atoms. The summed E-state index contributed by atoms with van der Waals surface area (Å²) >= 11 is 0. The topological polar surface area (TPSA) is 61.4 Å². The lowest BCUT2D eigenvalue weighted by Gasteiger charge is -2.31. The van der Waals surface area contributed by atoms with Gasteiger partial charge in [0, 0.05) is 30.0 Å². The molecule has 2 N–H and O–H groups in total. The summed E-state index contributed by atoms with van der Waals surface area (Å²) in [6, 6.07) is 24.5. The molecule has 5 heteroatoms. The molecule has 0 aromatic heterocycles. The van der Waals surface area contributed by atoms with E-state index in [1.54, 1.807) is 18.2 Å². The average Bonchev–Trinajstić information content (AvgIpc) is 2.85. The zero-order valence-corrected chi connectivity index (χ0v) is 18.4. The fourth-order valence-corrected chi connectivity index (χ4v) is 4.10. The Bertz CT molecular complexity index is 1060. The molecule has 4 rings (SSSR count). The maximum Gasteiger partial charge on any atom is 0.255 e. The molecule has 1 saturated heterocycles. The second-order valence-electron chi connectivity index (χ2n) is 8.21. The number of rotatable bonds is 6. The maximum absolute atomic E-state index is 13.3. The van der Waals surface area contributed by atoms with Crippen molar-refractivity contribution in [1.82, 2.24) is 5.32 Å². The van der Waals surface area contributed by atoms with Gasteiger partial charge in [-0.3, -0.25) is 9.59 Å². The van der Waals surface area contributed by atoms with Crippen LogP contribution in [0.1, 0.15) is 58.5 Å². The summed E-state index contributed by atoms with van der Waals surface area (Å²) in [6.07, 6.45) is 3.45. The van der Waals surface area contributed by atoms with Crippen LogP contribution in [0.2, 0.25) is 0 Å². The molecular formula is C27H29N3O2. The standard InChI is InChI=1S/C27H29N3O2/c1-20(21-11-5-2-6-12-21)28-27(32)24-19-23(29-26(31)22-13-7-3-8-14-22)15-16-25(24)30-17-9-4-10-18-30/h2-3,5-8,11-16,19-20H,4,9-10,17-18H2,1H3,(H,28,32)(H,29,31)/t20-/m0/s1. The Balaban J connectivity index is 1.60. The zero-order valence-electron chi connectivity index (χ0n) is 18.4. The van der Waals surface area contributed by atoms with Gasteiger partial charge in [-0.15, -0.1) is 0 Å². The summed E-state index contributed by atoms with van der Waals surface area (Å²) in [5.74, 6) is -0.335. The molecule has 1 aliphatic heterocycles. The first-order chi connectivity index (χ1) is 15.6. The van der Waals surface area contributed by atoms with Crippen LogP contribution in [0.15, 0.2) is 78.9 Å². The van der Waals surface area contributed by atoms with Crippen molar-refractivity contribution in [2.75, 3.05) is 23.3 Å². The quantitative estimate of drug-likeness (QED) is 0.552. The van der Waals surface area contributed by atoms with E-state index in [2.05, 4.69) is 15.5 Å². The molecule has 164 valence electrons. The third kappa shape index (κ3) is 5.17. The SMILES string of the molecule is C[C@H](NC(=O)c1cc(NC(=O)c2ccccc2)ccc1N1CCCCC1)c1ccccc1. The Morgan fingerprint density at radius 2 is 1.47 bits per heavy atom. The van der Waals surface area contributed by atoms with Crippen molar-refractivity contribution in [1.29, 1.82) is 0 Å². The van der Waals surface area contributed by atoms with E-state index >= 15 is 0 Å². The predicted molar refractivity (Wildman–Crippen MR) is 129 cm³/mol. The van der Waals surface area contributed by atoms with Gasteiger partial charge in [-0.05, 0) is 62.1 Å². The number of hydrogen-bond donors (Lipinski definition) is 2. The molecular weight excluding hydrogens is 398 g/mol. The van der Waals surface area contributed by atoms with E-state index in [9.17, 15) is 9.59 Å². The molecule has 0 radical (unpaired) electrons. The van der Waals surface area contributed by atoms with E-state index in [0.717, 1.165) is 37.2 Å². The summed E-state index contributed by atoms with van der Waals surface area (Å²) in [5.41, 5.74) is 3.74. The molecule has 1 fully saturated rings. The minimum absolute atomic E-state index is 0.125. The molecule has 0 unspecified atom stereocenters. The minimum Gasteiger partial charge on any atom is -0.371 e. The molecule has 1 aliphatic rings. The Labute approximate surface area is 189 Å². The molecule has 0 aliphatic carbocycles. The average molecular weight is 428 g/mol. The van der Waals surface area contributed by atoms with Gasteiger partial charge in [-0.1, -0.05) is 48.5 Å². The van der Waals surface area contributed by atoms with Crippen molar-refractivity contribution in [3.8, 4) is 0 Å². The molecule has 3 aromatic rings. The van der Waals surface area contributed by atoms with Gasteiger partial charge in [0.2, 0.25) is 0 Å². The van der Waals surface area contributed by atoms with Gasteiger partial charge in [-0.2, -0.15) is 0 Å². The largest absolute Gasteiger partial charge is 0.371 e. The lowest BCUT2D eigenvalue weighted by Crippen LogP contribution is -2.33. The second kappa shape index (κ2) is 10.1. The normalized spacial score (nSPS) is 14.5. The van der Waals surface area contributed by atoms with Gasteiger partial charge >= 0.3 is 0 Å². The molecule has 1 heterocycles. The minimum atomic E-state index is -0.194. The van der Waals surface area contributed by atoms with Crippen molar-refractivity contribution in [2.24, 2.45) is 0 Å². The van der Waals surface area contributed by atoms with Crippen LogP contribution < -0.4 is 15.5 Å². The van der Waals surface area contributed by atoms with Gasteiger partial charge in [0.1, 0.15) is 0 Å². The highest BCUT2D eigenvalue weighted by Gasteiger charge is 2.21. The number of benzene rings is 3. The van der Waals surface area contributed by atoms with E-state index < -0.39 is 0 Å². The summed E-state index contributed by atoms with van der Waals surface area (Å²) in [7, 11) is 0. The van der Waals surface area contributed by atoms with Crippen LogP contribution in [-0.4, -0.2) is 24.9 Å². The number of hydrogen-bond acceptors (Lipinski definition) is 3. The highest BCUT2D eigenvalue weighted by Crippen LogP contribution is 2.28. The molecule has 5 nitrogen and oxygen atoms in total. The third-order valence-electron chi connectivity index (χ3n) is 5.88. The number of anilines is 2. The zero-order chi connectivity index (χ0) is 22.3. The number of nitrogens with zero attached hydrogens (tertiary/aromatic N) is 1. The number of carbonyl (C=O) groups excluding carboxylic acids is 2. The van der Waals surface area contributed by atoms with Crippen LogP contribution in [0.25, 0.3) is 0 Å². The molecule has 2 amide bonds. The van der Waals surface area contributed by atoms with Crippen molar-refractivity contribution in [3.05, 3.63) is 95.6 Å². The monoisotopic (exact) mass is 427 g/mol. The smallest absolute Gasteiger partial charge is 0.255 e. The van der Waals surface area contributed by atoms with Crippen molar-refractivity contribution >= 4 is 23.2 Å². The highest BCUT2D eigenvalue weighted by atomic mass is 16.2. The van der Waals surface area contributed by atoms with E-state index in [-0.39, 0.29) is 17.9 Å². The van der Waals surface area contributed by atoms with Crippen molar-refractivity contribution in [3.63, 3.8) is 0 Å². The summed E-state index contributed by atoms with van der Waals surface area (Å²) in [6.45, 7) is 3.85. The number of piperidine rings is 1. The molecule has 0 bridgehead atoms. The first-order valence-electron chi connectivity index (χ1n) is 11.2. The number of carbonyl (C=O) groups is 2. The Morgan fingerprint density at radius 3 is 2.16 bits per heavy atom. The molecule has 3 aromatic carbocycles. The maximum atomic E-state index is 13.3. The van der Waals surface area contributed by atoms with Crippen LogP contribution >= 0.6 is 0 Å². The Hall–Kier alpha value is -3.60. The third-order valence-corrected chi connectivity index (χ3v) is 5.88. The van der Waals surface area contributed by atoms with Gasteiger partial charge in [0.15, 0.2) is 0 Å².